The van der Waals surface area contributed by atoms with Gasteiger partial charge in [-0.2, -0.15) is 5.10 Å². The number of benzene rings is 3. The summed E-state index contributed by atoms with van der Waals surface area (Å²) >= 11 is 0. The number of rotatable bonds is 6. The Balaban J connectivity index is 1.50. The molecule has 4 aromatic rings. The average molecular weight is 385 g/mol. The van der Waals surface area contributed by atoms with Crippen LogP contribution in [-0.2, 0) is 17.8 Å². The molecule has 0 fully saturated rings. The quantitative estimate of drug-likeness (QED) is 0.385. The second-order valence-electron chi connectivity index (χ2n) is 6.81. The Kier molecular flexibility index (Phi) is 5.47. The van der Waals surface area contributed by atoms with Crippen molar-refractivity contribution in [2.24, 2.45) is 5.10 Å². The van der Waals surface area contributed by atoms with Crippen LogP contribution in [0, 0.1) is 5.82 Å². The topological polar surface area (TPSA) is 46.4 Å². The summed E-state index contributed by atoms with van der Waals surface area (Å²) in [5.41, 5.74) is 6.49. The van der Waals surface area contributed by atoms with Crippen molar-refractivity contribution in [3.05, 3.63) is 108 Å². The zero-order valence-electron chi connectivity index (χ0n) is 15.8. The third kappa shape index (κ3) is 4.58. The number of fused-ring (bicyclic) bond motifs is 1. The largest absolute Gasteiger partial charge is 0.342 e. The van der Waals surface area contributed by atoms with Gasteiger partial charge in [-0.25, -0.2) is 9.82 Å². The standard InChI is InChI=1S/C24H20FN3O/c25-21-12-10-19(11-13-21)16-28-17-20(22-8-4-5-9-23(22)28)15-26-27-24(29)14-18-6-2-1-3-7-18/h1-13,15,17H,14,16H2,(H,27,29)/b26-15-. The van der Waals surface area contributed by atoms with Gasteiger partial charge in [-0.1, -0.05) is 60.7 Å². The highest BCUT2D eigenvalue weighted by Gasteiger charge is 2.08. The van der Waals surface area contributed by atoms with Crippen LogP contribution in [0.4, 0.5) is 4.39 Å². The molecule has 1 heterocycles. The Morgan fingerprint density at radius 3 is 2.45 bits per heavy atom. The molecule has 0 spiro atoms. The first-order valence-corrected chi connectivity index (χ1v) is 9.37. The summed E-state index contributed by atoms with van der Waals surface area (Å²) in [5.74, 6) is -0.410. The maximum absolute atomic E-state index is 13.2. The van der Waals surface area contributed by atoms with Gasteiger partial charge in [-0.15, -0.1) is 0 Å². The van der Waals surface area contributed by atoms with Gasteiger partial charge in [0.05, 0.1) is 12.6 Å². The van der Waals surface area contributed by atoms with E-state index in [1.54, 1.807) is 18.3 Å². The second kappa shape index (κ2) is 8.52. The molecule has 1 amide bonds. The number of hydrogen-bond donors (Lipinski definition) is 1. The van der Waals surface area contributed by atoms with Crippen molar-refractivity contribution < 1.29 is 9.18 Å². The minimum absolute atomic E-state index is 0.164. The molecule has 29 heavy (non-hydrogen) atoms. The van der Waals surface area contributed by atoms with E-state index >= 15 is 0 Å². The molecule has 4 rings (SSSR count). The lowest BCUT2D eigenvalue weighted by molar-refractivity contribution is -0.120. The number of para-hydroxylation sites is 1. The molecule has 144 valence electrons. The van der Waals surface area contributed by atoms with Crippen molar-refractivity contribution >= 4 is 23.0 Å². The third-order valence-corrected chi connectivity index (χ3v) is 4.69. The first kappa shape index (κ1) is 18.6. The molecule has 0 radical (unpaired) electrons. The molecule has 0 aliphatic heterocycles. The Morgan fingerprint density at radius 1 is 0.931 bits per heavy atom. The van der Waals surface area contributed by atoms with Crippen LogP contribution >= 0.6 is 0 Å². The maximum atomic E-state index is 13.2. The van der Waals surface area contributed by atoms with E-state index in [2.05, 4.69) is 15.1 Å². The summed E-state index contributed by atoms with van der Waals surface area (Å²) in [4.78, 5) is 12.1. The lowest BCUT2D eigenvalue weighted by Gasteiger charge is -2.05. The highest BCUT2D eigenvalue weighted by Crippen LogP contribution is 2.21. The van der Waals surface area contributed by atoms with Crippen molar-refractivity contribution in [3.8, 4) is 0 Å². The molecule has 4 nitrogen and oxygen atoms in total. The van der Waals surface area contributed by atoms with E-state index in [4.69, 9.17) is 0 Å². The van der Waals surface area contributed by atoms with E-state index in [-0.39, 0.29) is 18.1 Å². The van der Waals surface area contributed by atoms with E-state index in [9.17, 15) is 9.18 Å². The van der Waals surface area contributed by atoms with Crippen LogP contribution in [0.1, 0.15) is 16.7 Å². The SMILES string of the molecule is O=C(Cc1ccccc1)N/N=C\c1cn(Cc2ccc(F)cc2)c2ccccc12. The first-order chi connectivity index (χ1) is 14.2. The molecule has 1 aromatic heterocycles. The number of carbonyl (C=O) groups is 1. The number of amides is 1. The summed E-state index contributed by atoms with van der Waals surface area (Å²) in [7, 11) is 0. The first-order valence-electron chi connectivity index (χ1n) is 9.37. The van der Waals surface area contributed by atoms with Crippen LogP contribution in [0.2, 0.25) is 0 Å². The molecule has 0 unspecified atom stereocenters. The molecular weight excluding hydrogens is 365 g/mol. The zero-order valence-corrected chi connectivity index (χ0v) is 15.8. The fourth-order valence-electron chi connectivity index (χ4n) is 3.29. The minimum atomic E-state index is -0.245. The molecule has 3 aromatic carbocycles. The monoisotopic (exact) mass is 385 g/mol. The Labute approximate surface area is 168 Å². The number of hydrazone groups is 1. The van der Waals surface area contributed by atoms with E-state index in [0.29, 0.717) is 6.54 Å². The summed E-state index contributed by atoms with van der Waals surface area (Å²) in [6, 6.07) is 24.0. The number of carbonyl (C=O) groups excluding carboxylic acids is 1. The van der Waals surface area contributed by atoms with Gasteiger partial charge in [0, 0.05) is 29.2 Å². The van der Waals surface area contributed by atoms with Gasteiger partial charge in [0.25, 0.3) is 0 Å². The predicted octanol–water partition coefficient (Wildman–Crippen LogP) is 4.52. The number of aromatic nitrogens is 1. The van der Waals surface area contributed by atoms with E-state index in [0.717, 1.165) is 27.6 Å². The summed E-state index contributed by atoms with van der Waals surface area (Å²) in [5, 5.41) is 5.17. The van der Waals surface area contributed by atoms with Gasteiger partial charge < -0.3 is 4.57 Å². The van der Waals surface area contributed by atoms with Gasteiger partial charge in [0.1, 0.15) is 5.82 Å². The third-order valence-electron chi connectivity index (χ3n) is 4.69. The van der Waals surface area contributed by atoms with Crippen LogP contribution in [0.15, 0.2) is 90.2 Å². The Morgan fingerprint density at radius 2 is 1.66 bits per heavy atom. The normalized spacial score (nSPS) is 11.2. The van der Waals surface area contributed by atoms with Gasteiger partial charge in [-0.05, 0) is 29.3 Å². The molecule has 0 saturated heterocycles. The second-order valence-corrected chi connectivity index (χ2v) is 6.81. The smallest absolute Gasteiger partial charge is 0.244 e. The zero-order chi connectivity index (χ0) is 20.1. The molecule has 0 atom stereocenters. The highest BCUT2D eigenvalue weighted by molar-refractivity contribution is 5.99. The van der Waals surface area contributed by atoms with Crippen LogP contribution in [0.25, 0.3) is 10.9 Å². The Bertz CT molecular complexity index is 1150. The van der Waals surface area contributed by atoms with E-state index in [1.165, 1.54) is 12.1 Å². The summed E-state index contributed by atoms with van der Waals surface area (Å²) in [6.45, 7) is 0.620. The van der Waals surface area contributed by atoms with Crippen LogP contribution in [0.5, 0.6) is 0 Å². The minimum Gasteiger partial charge on any atom is -0.342 e. The van der Waals surface area contributed by atoms with Crippen molar-refractivity contribution in [1.29, 1.82) is 0 Å². The van der Waals surface area contributed by atoms with Gasteiger partial charge in [-0.3, -0.25) is 4.79 Å². The average Bonchev–Trinajstić information content (AvgIpc) is 3.08. The lowest BCUT2D eigenvalue weighted by atomic mass is 10.1. The molecule has 0 aliphatic carbocycles. The van der Waals surface area contributed by atoms with Gasteiger partial charge in [0.15, 0.2) is 0 Å². The molecule has 5 heteroatoms. The fourth-order valence-corrected chi connectivity index (χ4v) is 3.29. The number of hydrogen-bond acceptors (Lipinski definition) is 2. The van der Waals surface area contributed by atoms with Crippen molar-refractivity contribution in [2.45, 2.75) is 13.0 Å². The summed E-state index contributed by atoms with van der Waals surface area (Å²) < 4.78 is 15.3. The van der Waals surface area contributed by atoms with Crippen molar-refractivity contribution in [1.82, 2.24) is 9.99 Å². The maximum Gasteiger partial charge on any atom is 0.244 e. The van der Waals surface area contributed by atoms with Crippen molar-refractivity contribution in [3.63, 3.8) is 0 Å². The van der Waals surface area contributed by atoms with Gasteiger partial charge in [0.2, 0.25) is 5.91 Å². The molecule has 0 saturated carbocycles. The fraction of sp³-hybridized carbons (Fsp3) is 0.0833. The summed E-state index contributed by atoms with van der Waals surface area (Å²) in [6.07, 6.45) is 3.93. The highest BCUT2D eigenvalue weighted by atomic mass is 19.1. The van der Waals surface area contributed by atoms with Crippen molar-refractivity contribution in [2.75, 3.05) is 0 Å². The number of halogens is 1. The van der Waals surface area contributed by atoms with Crippen LogP contribution in [-0.4, -0.2) is 16.7 Å². The lowest BCUT2D eigenvalue weighted by Crippen LogP contribution is -2.19. The van der Waals surface area contributed by atoms with Crippen LogP contribution < -0.4 is 5.43 Å². The molecule has 0 aliphatic rings. The molecular formula is C24H20FN3O. The van der Waals surface area contributed by atoms with E-state index in [1.807, 2.05) is 60.8 Å². The molecule has 0 bridgehead atoms. The Hall–Kier alpha value is -3.73. The number of nitrogens with zero attached hydrogens (tertiary/aromatic N) is 2. The van der Waals surface area contributed by atoms with E-state index < -0.39 is 0 Å². The van der Waals surface area contributed by atoms with Gasteiger partial charge >= 0.3 is 0 Å². The molecule has 1 N–H and O–H groups in total. The predicted molar refractivity (Wildman–Crippen MR) is 113 cm³/mol. The number of nitrogens with one attached hydrogen (secondary N) is 1. The van der Waals surface area contributed by atoms with Crippen LogP contribution in [0.3, 0.4) is 0 Å².